The third-order valence-corrected chi connectivity index (χ3v) is 4.23. The summed E-state index contributed by atoms with van der Waals surface area (Å²) in [5.74, 6) is -0.845. The number of hydroxylamine groups is 1. The number of nitro benzene ring substituents is 1. The number of amides is 1. The minimum Gasteiger partial charge on any atom is -0.363 e. The summed E-state index contributed by atoms with van der Waals surface area (Å²) >= 11 is 0. The summed E-state index contributed by atoms with van der Waals surface area (Å²) in [6.07, 6.45) is 0. The third-order valence-electron chi connectivity index (χ3n) is 3.36. The number of carbonyl (C=O) groups excluding carboxylic acids is 1. The topological polar surface area (TPSA) is 133 Å². The number of nitrogens with zero attached hydrogens (tertiary/aromatic N) is 3. The van der Waals surface area contributed by atoms with Gasteiger partial charge in [0.15, 0.2) is 0 Å². The maximum Gasteiger partial charge on any atom is 0.293 e. The van der Waals surface area contributed by atoms with E-state index in [2.05, 4.69) is 0 Å². The van der Waals surface area contributed by atoms with Crippen LogP contribution < -0.4 is 10.4 Å². The van der Waals surface area contributed by atoms with E-state index >= 15 is 0 Å². The molecular formula is C11H14N4O6S. The van der Waals surface area contributed by atoms with Crippen LogP contribution in [-0.4, -0.2) is 54.9 Å². The Hall–Kier alpha value is -2.24. The van der Waals surface area contributed by atoms with Gasteiger partial charge in [0.2, 0.25) is 10.9 Å². The molecule has 0 unspecified atom stereocenters. The second-order valence-electron chi connectivity index (χ2n) is 4.58. The largest absolute Gasteiger partial charge is 0.363 e. The van der Waals surface area contributed by atoms with Gasteiger partial charge in [-0.05, 0) is 12.1 Å². The van der Waals surface area contributed by atoms with Gasteiger partial charge in [0, 0.05) is 37.8 Å². The van der Waals surface area contributed by atoms with Crippen molar-refractivity contribution in [1.82, 2.24) is 9.79 Å². The van der Waals surface area contributed by atoms with Crippen molar-refractivity contribution in [3.63, 3.8) is 0 Å². The normalized spacial score (nSPS) is 15.8. The molecule has 1 amide bonds. The number of carbonyl (C=O) groups is 1. The number of piperazine rings is 1. The summed E-state index contributed by atoms with van der Waals surface area (Å²) in [6.45, 7) is 1.12. The number of nitrogens with one attached hydrogen (secondary N) is 1. The van der Waals surface area contributed by atoms with Gasteiger partial charge in [0.25, 0.3) is 11.6 Å². The molecule has 22 heavy (non-hydrogen) atoms. The lowest BCUT2D eigenvalue weighted by Gasteiger charge is -2.32. The molecule has 1 aromatic carbocycles. The van der Waals surface area contributed by atoms with E-state index in [0.717, 1.165) is 6.07 Å². The first-order valence-corrected chi connectivity index (χ1v) is 7.44. The highest BCUT2D eigenvalue weighted by Crippen LogP contribution is 2.30. The Balaban J connectivity index is 2.28. The molecule has 1 aromatic rings. The van der Waals surface area contributed by atoms with Crippen molar-refractivity contribution in [2.75, 3.05) is 31.1 Å². The highest BCUT2D eigenvalue weighted by atomic mass is 32.2. The van der Waals surface area contributed by atoms with Gasteiger partial charge in [-0.3, -0.25) is 20.1 Å². The lowest BCUT2D eigenvalue weighted by atomic mass is 10.1. The van der Waals surface area contributed by atoms with Gasteiger partial charge >= 0.3 is 0 Å². The number of rotatable bonds is 4. The summed E-state index contributed by atoms with van der Waals surface area (Å²) in [5, 5.41) is 19.8. The number of thiol groups is 1. The molecule has 11 heteroatoms. The van der Waals surface area contributed by atoms with Crippen LogP contribution >= 0.6 is 0 Å². The fourth-order valence-corrected chi connectivity index (χ4v) is 2.75. The van der Waals surface area contributed by atoms with Crippen molar-refractivity contribution in [3.8, 4) is 0 Å². The van der Waals surface area contributed by atoms with E-state index < -0.39 is 21.7 Å². The summed E-state index contributed by atoms with van der Waals surface area (Å²) in [5.41, 5.74) is 1.40. The van der Waals surface area contributed by atoms with Crippen LogP contribution in [0, 0.1) is 10.1 Å². The maximum atomic E-state index is 11.3. The number of benzene rings is 1. The van der Waals surface area contributed by atoms with Crippen LogP contribution in [0.5, 0.6) is 0 Å². The molecule has 1 saturated heterocycles. The Morgan fingerprint density at radius 3 is 2.41 bits per heavy atom. The average Bonchev–Trinajstić information content (AvgIpc) is 2.53. The quantitative estimate of drug-likeness (QED) is 0.289. The second-order valence-corrected chi connectivity index (χ2v) is 5.62. The van der Waals surface area contributed by atoms with Gasteiger partial charge in [-0.1, -0.05) is 0 Å². The molecule has 2 N–H and O–H groups in total. The smallest absolute Gasteiger partial charge is 0.293 e. The van der Waals surface area contributed by atoms with E-state index in [1.807, 2.05) is 0 Å². The highest BCUT2D eigenvalue weighted by Gasteiger charge is 2.25. The molecule has 0 saturated carbocycles. The number of anilines is 1. The Morgan fingerprint density at radius 2 is 1.91 bits per heavy atom. The van der Waals surface area contributed by atoms with E-state index in [4.69, 9.17) is 5.21 Å². The molecular weight excluding hydrogens is 316 g/mol. The zero-order valence-electron chi connectivity index (χ0n) is 11.3. The zero-order valence-corrected chi connectivity index (χ0v) is 12.2. The molecule has 1 fully saturated rings. The van der Waals surface area contributed by atoms with E-state index in [-0.39, 0.29) is 24.3 Å². The summed E-state index contributed by atoms with van der Waals surface area (Å²) in [7, 11) is -2.65. The Morgan fingerprint density at radius 1 is 1.27 bits per heavy atom. The Kier molecular flexibility index (Phi) is 4.90. The van der Waals surface area contributed by atoms with Crippen LogP contribution in [0.15, 0.2) is 18.2 Å². The molecule has 120 valence electrons. The Labute approximate surface area is 127 Å². The number of hydrogen-bond donors (Lipinski definition) is 3. The number of hydrogen-bond acceptors (Lipinski definition) is 7. The van der Waals surface area contributed by atoms with Crippen LogP contribution in [0.3, 0.4) is 0 Å². The summed E-state index contributed by atoms with van der Waals surface area (Å²) in [4.78, 5) is 23.6. The first-order chi connectivity index (χ1) is 10.4. The molecule has 0 aromatic heterocycles. The molecule has 0 bridgehead atoms. The predicted molar refractivity (Wildman–Crippen MR) is 76.4 cm³/mol. The van der Waals surface area contributed by atoms with Gasteiger partial charge in [-0.25, -0.2) is 18.2 Å². The van der Waals surface area contributed by atoms with Gasteiger partial charge < -0.3 is 4.90 Å². The van der Waals surface area contributed by atoms with Crippen molar-refractivity contribution in [2.45, 2.75) is 0 Å². The van der Waals surface area contributed by atoms with Gasteiger partial charge in [-0.15, -0.1) is 0 Å². The van der Waals surface area contributed by atoms with Gasteiger partial charge in [0.1, 0.15) is 5.69 Å². The maximum absolute atomic E-state index is 11.3. The molecule has 10 nitrogen and oxygen atoms in total. The fourth-order valence-electron chi connectivity index (χ4n) is 2.24. The van der Waals surface area contributed by atoms with Crippen LogP contribution in [0.1, 0.15) is 10.4 Å². The lowest BCUT2D eigenvalue weighted by Crippen LogP contribution is -2.45. The van der Waals surface area contributed by atoms with E-state index in [1.54, 1.807) is 4.90 Å². The molecule has 1 aliphatic rings. The standard InChI is InChI=1S/C11H14N4O6S/c16-11(12-17)8-1-2-9(10(7-8)15(18)19)13-3-5-14(6-4-13)22(20)21/h1-2,7,17,22H,3-6H2,(H,12,16). The molecule has 0 radical (unpaired) electrons. The minimum absolute atomic E-state index is 0.0424. The van der Waals surface area contributed by atoms with E-state index in [1.165, 1.54) is 21.9 Å². The average molecular weight is 330 g/mol. The third kappa shape index (κ3) is 3.32. The molecule has 1 aliphatic heterocycles. The molecule has 1 heterocycles. The van der Waals surface area contributed by atoms with E-state index in [9.17, 15) is 23.3 Å². The van der Waals surface area contributed by atoms with Crippen molar-refractivity contribution < 1.29 is 23.3 Å². The first-order valence-electron chi connectivity index (χ1n) is 6.31. The molecule has 0 spiro atoms. The van der Waals surface area contributed by atoms with Gasteiger partial charge in [-0.2, -0.15) is 0 Å². The van der Waals surface area contributed by atoms with Crippen molar-refractivity contribution >= 4 is 28.2 Å². The molecule has 0 aliphatic carbocycles. The zero-order chi connectivity index (χ0) is 16.3. The van der Waals surface area contributed by atoms with Crippen LogP contribution in [0.4, 0.5) is 11.4 Å². The van der Waals surface area contributed by atoms with Crippen molar-refractivity contribution in [2.24, 2.45) is 0 Å². The minimum atomic E-state index is -2.65. The lowest BCUT2D eigenvalue weighted by molar-refractivity contribution is -0.384. The second kappa shape index (κ2) is 6.68. The number of nitro groups is 1. The Bertz CT molecular complexity index is 661. The predicted octanol–water partition coefficient (Wildman–Crippen LogP) is -0.638. The van der Waals surface area contributed by atoms with Crippen LogP contribution in [-0.2, 0) is 10.9 Å². The molecule has 2 rings (SSSR count). The van der Waals surface area contributed by atoms with Gasteiger partial charge in [0.05, 0.1) is 4.92 Å². The summed E-state index contributed by atoms with van der Waals surface area (Å²) < 4.78 is 23.1. The van der Waals surface area contributed by atoms with Crippen molar-refractivity contribution in [3.05, 3.63) is 33.9 Å². The molecule has 0 atom stereocenters. The van der Waals surface area contributed by atoms with Crippen LogP contribution in [0.25, 0.3) is 0 Å². The SMILES string of the molecule is O=C(NO)c1ccc(N2CCN([SH](=O)=O)CC2)c([N+](=O)[O-])c1. The van der Waals surface area contributed by atoms with Crippen LogP contribution in [0.2, 0.25) is 0 Å². The first kappa shape index (κ1) is 16.1. The summed E-state index contributed by atoms with van der Waals surface area (Å²) in [6, 6.07) is 3.84. The fraction of sp³-hybridized carbons (Fsp3) is 0.364. The van der Waals surface area contributed by atoms with Crippen molar-refractivity contribution in [1.29, 1.82) is 0 Å². The monoisotopic (exact) mass is 330 g/mol. The highest BCUT2D eigenvalue weighted by molar-refractivity contribution is 7.69. The van der Waals surface area contributed by atoms with E-state index in [0.29, 0.717) is 18.8 Å².